The lowest BCUT2D eigenvalue weighted by molar-refractivity contribution is 0.0860. The molecule has 0 unspecified atom stereocenters. The molecule has 2 aromatic rings. The second kappa shape index (κ2) is 6.79. The highest BCUT2D eigenvalue weighted by Crippen LogP contribution is 2.15. The summed E-state index contributed by atoms with van der Waals surface area (Å²) < 4.78 is 5.57. The van der Waals surface area contributed by atoms with Crippen LogP contribution >= 0.6 is 0 Å². The standard InChI is InChI=1S/C16H22N4O2/c1-11(14-7-4-10-22-14)18-16(21)17-9-8-15-19-12-5-2-3-6-13(12)20-15/h2-3,5-6,11,14H,4,7-10H2,1H3,(H,19,20)(H2,17,18,21)/t11-,14-/m1/s1. The van der Waals surface area contributed by atoms with Crippen molar-refractivity contribution in [1.82, 2.24) is 20.6 Å². The van der Waals surface area contributed by atoms with Crippen LogP contribution in [0.5, 0.6) is 0 Å². The third kappa shape index (κ3) is 3.57. The van der Waals surface area contributed by atoms with E-state index in [1.807, 2.05) is 31.2 Å². The topological polar surface area (TPSA) is 79.0 Å². The zero-order valence-electron chi connectivity index (χ0n) is 12.8. The van der Waals surface area contributed by atoms with E-state index in [0.29, 0.717) is 13.0 Å². The third-order valence-corrected chi connectivity index (χ3v) is 3.97. The first-order chi connectivity index (χ1) is 10.7. The number of aromatic amines is 1. The van der Waals surface area contributed by atoms with Crippen LogP contribution in [0.3, 0.4) is 0 Å². The van der Waals surface area contributed by atoms with E-state index in [1.54, 1.807) is 0 Å². The first kappa shape index (κ1) is 14.8. The molecule has 0 bridgehead atoms. The lowest BCUT2D eigenvalue weighted by atomic mass is 10.1. The highest BCUT2D eigenvalue weighted by atomic mass is 16.5. The molecule has 0 saturated carbocycles. The van der Waals surface area contributed by atoms with Crippen molar-refractivity contribution >= 4 is 17.1 Å². The molecule has 1 aromatic carbocycles. The Bertz CT molecular complexity index is 601. The van der Waals surface area contributed by atoms with Gasteiger partial charge in [0.25, 0.3) is 0 Å². The Morgan fingerprint density at radius 2 is 2.36 bits per heavy atom. The number of nitrogens with one attached hydrogen (secondary N) is 3. The summed E-state index contributed by atoms with van der Waals surface area (Å²) in [7, 11) is 0. The fourth-order valence-electron chi connectivity index (χ4n) is 2.77. The molecule has 2 heterocycles. The van der Waals surface area contributed by atoms with Crippen molar-refractivity contribution in [3.05, 3.63) is 30.1 Å². The SMILES string of the molecule is C[C@@H](NC(=O)NCCc1nc2ccccc2[nH]1)[C@H]1CCCO1. The van der Waals surface area contributed by atoms with E-state index < -0.39 is 0 Å². The molecule has 22 heavy (non-hydrogen) atoms. The van der Waals surface area contributed by atoms with E-state index in [1.165, 1.54) is 0 Å². The molecule has 0 spiro atoms. The van der Waals surface area contributed by atoms with Gasteiger partial charge in [-0.05, 0) is 31.9 Å². The Hall–Kier alpha value is -2.08. The van der Waals surface area contributed by atoms with Crippen LogP contribution in [0.25, 0.3) is 11.0 Å². The van der Waals surface area contributed by atoms with Crippen LogP contribution in [0.1, 0.15) is 25.6 Å². The summed E-state index contributed by atoms with van der Waals surface area (Å²) >= 11 is 0. The van der Waals surface area contributed by atoms with Gasteiger partial charge in [0.15, 0.2) is 0 Å². The minimum absolute atomic E-state index is 0.0358. The molecular weight excluding hydrogens is 280 g/mol. The van der Waals surface area contributed by atoms with Gasteiger partial charge < -0.3 is 20.4 Å². The van der Waals surface area contributed by atoms with Gasteiger partial charge in [-0.15, -0.1) is 0 Å². The number of carbonyl (C=O) groups is 1. The lowest BCUT2D eigenvalue weighted by Crippen LogP contribution is -2.46. The first-order valence-electron chi connectivity index (χ1n) is 7.82. The number of ether oxygens (including phenoxy) is 1. The first-order valence-corrected chi connectivity index (χ1v) is 7.82. The van der Waals surface area contributed by atoms with Crippen molar-refractivity contribution in [2.24, 2.45) is 0 Å². The second-order valence-electron chi connectivity index (χ2n) is 5.69. The maximum atomic E-state index is 11.9. The van der Waals surface area contributed by atoms with Crippen molar-refractivity contribution in [1.29, 1.82) is 0 Å². The number of rotatable bonds is 5. The molecule has 3 N–H and O–H groups in total. The number of fused-ring (bicyclic) bond motifs is 1. The highest BCUT2D eigenvalue weighted by Gasteiger charge is 2.23. The molecule has 118 valence electrons. The molecule has 1 saturated heterocycles. The van der Waals surface area contributed by atoms with Gasteiger partial charge in [0.1, 0.15) is 5.82 Å². The average Bonchev–Trinajstić information content (AvgIpc) is 3.16. The number of H-pyrrole nitrogens is 1. The fraction of sp³-hybridized carbons (Fsp3) is 0.500. The van der Waals surface area contributed by atoms with E-state index >= 15 is 0 Å². The van der Waals surface area contributed by atoms with E-state index in [0.717, 1.165) is 36.3 Å². The number of amides is 2. The van der Waals surface area contributed by atoms with Gasteiger partial charge in [0, 0.05) is 19.6 Å². The number of urea groups is 1. The van der Waals surface area contributed by atoms with Crippen molar-refractivity contribution < 1.29 is 9.53 Å². The summed E-state index contributed by atoms with van der Waals surface area (Å²) in [6.45, 7) is 3.32. The molecule has 1 aliphatic heterocycles. The van der Waals surface area contributed by atoms with Crippen LogP contribution < -0.4 is 10.6 Å². The van der Waals surface area contributed by atoms with Crippen molar-refractivity contribution in [2.45, 2.75) is 38.3 Å². The van der Waals surface area contributed by atoms with Crippen LogP contribution in [0.2, 0.25) is 0 Å². The summed E-state index contributed by atoms with van der Waals surface area (Å²) in [5, 5.41) is 5.79. The molecule has 1 aliphatic rings. The van der Waals surface area contributed by atoms with Gasteiger partial charge in [-0.1, -0.05) is 12.1 Å². The zero-order chi connectivity index (χ0) is 15.4. The van der Waals surface area contributed by atoms with Gasteiger partial charge in [-0.2, -0.15) is 0 Å². The van der Waals surface area contributed by atoms with Crippen molar-refractivity contribution in [3.63, 3.8) is 0 Å². The Morgan fingerprint density at radius 3 is 3.14 bits per heavy atom. The molecule has 2 atom stereocenters. The molecule has 2 amide bonds. The van der Waals surface area contributed by atoms with Crippen molar-refractivity contribution in [3.8, 4) is 0 Å². The van der Waals surface area contributed by atoms with Crippen LogP contribution in [0.4, 0.5) is 4.79 Å². The third-order valence-electron chi connectivity index (χ3n) is 3.97. The average molecular weight is 302 g/mol. The summed E-state index contributed by atoms with van der Waals surface area (Å²) in [4.78, 5) is 19.6. The van der Waals surface area contributed by atoms with E-state index in [2.05, 4.69) is 20.6 Å². The molecular formula is C16H22N4O2. The molecule has 3 rings (SSSR count). The fourth-order valence-corrected chi connectivity index (χ4v) is 2.77. The van der Waals surface area contributed by atoms with Crippen molar-refractivity contribution in [2.75, 3.05) is 13.2 Å². The second-order valence-corrected chi connectivity index (χ2v) is 5.69. The van der Waals surface area contributed by atoms with Gasteiger partial charge in [-0.3, -0.25) is 0 Å². The number of para-hydroxylation sites is 2. The number of hydrogen-bond acceptors (Lipinski definition) is 3. The minimum atomic E-state index is -0.154. The summed E-state index contributed by atoms with van der Waals surface area (Å²) in [6.07, 6.45) is 2.91. The molecule has 6 heteroatoms. The number of imidazole rings is 1. The van der Waals surface area contributed by atoms with Crippen LogP contribution in [0.15, 0.2) is 24.3 Å². The predicted molar refractivity (Wildman–Crippen MR) is 84.8 cm³/mol. The van der Waals surface area contributed by atoms with E-state index in [4.69, 9.17) is 4.74 Å². The smallest absolute Gasteiger partial charge is 0.315 e. The summed E-state index contributed by atoms with van der Waals surface area (Å²) in [5.41, 5.74) is 1.97. The van der Waals surface area contributed by atoms with Gasteiger partial charge in [0.2, 0.25) is 0 Å². The van der Waals surface area contributed by atoms with E-state index in [9.17, 15) is 4.79 Å². The number of hydrogen-bond donors (Lipinski definition) is 3. The maximum absolute atomic E-state index is 11.9. The normalized spacial score (nSPS) is 19.2. The monoisotopic (exact) mass is 302 g/mol. The molecule has 1 aromatic heterocycles. The Labute approximate surface area is 129 Å². The molecule has 1 fully saturated rings. The number of carbonyl (C=O) groups excluding carboxylic acids is 1. The van der Waals surface area contributed by atoms with Crippen LogP contribution in [-0.2, 0) is 11.2 Å². The molecule has 0 radical (unpaired) electrons. The predicted octanol–water partition coefficient (Wildman–Crippen LogP) is 1.97. The quantitative estimate of drug-likeness (QED) is 0.790. The maximum Gasteiger partial charge on any atom is 0.315 e. The number of aromatic nitrogens is 2. The Balaban J connectivity index is 1.43. The van der Waals surface area contributed by atoms with E-state index in [-0.39, 0.29) is 18.2 Å². The Kier molecular flexibility index (Phi) is 4.58. The number of nitrogens with zero attached hydrogens (tertiary/aromatic N) is 1. The van der Waals surface area contributed by atoms with Gasteiger partial charge >= 0.3 is 6.03 Å². The zero-order valence-corrected chi connectivity index (χ0v) is 12.8. The van der Waals surface area contributed by atoms with Crippen LogP contribution in [0, 0.1) is 0 Å². The van der Waals surface area contributed by atoms with Crippen LogP contribution in [-0.4, -0.2) is 41.3 Å². The Morgan fingerprint density at radius 1 is 1.50 bits per heavy atom. The number of benzene rings is 1. The van der Waals surface area contributed by atoms with Gasteiger partial charge in [-0.25, -0.2) is 9.78 Å². The summed E-state index contributed by atoms with van der Waals surface area (Å²) in [5.74, 6) is 0.883. The van der Waals surface area contributed by atoms with Gasteiger partial charge in [0.05, 0.1) is 23.2 Å². The molecule has 6 nitrogen and oxygen atoms in total. The summed E-state index contributed by atoms with van der Waals surface area (Å²) in [6, 6.07) is 7.79. The molecule has 0 aliphatic carbocycles. The largest absolute Gasteiger partial charge is 0.376 e. The lowest BCUT2D eigenvalue weighted by Gasteiger charge is -2.20. The minimum Gasteiger partial charge on any atom is -0.376 e. The highest BCUT2D eigenvalue weighted by molar-refractivity contribution is 5.75.